The maximum atomic E-state index is 11.6. The summed E-state index contributed by atoms with van der Waals surface area (Å²) >= 11 is 1.69. The first-order chi connectivity index (χ1) is 9.24. The molecule has 6 heteroatoms. The number of fused-ring (bicyclic) bond motifs is 1. The summed E-state index contributed by atoms with van der Waals surface area (Å²) in [5.74, 6) is 0.882. The summed E-state index contributed by atoms with van der Waals surface area (Å²) in [6, 6.07) is 5.80. The fourth-order valence-corrected chi connectivity index (χ4v) is 3.42. The van der Waals surface area contributed by atoms with Gasteiger partial charge in [0.05, 0.1) is 22.7 Å². The SMILES string of the molecule is N#Cc1c(C(N)=O)c2n(c1-c1cccnc1)CSC2. The number of rotatable bonds is 2. The zero-order chi connectivity index (χ0) is 13.4. The Morgan fingerprint density at radius 1 is 1.58 bits per heavy atom. The van der Waals surface area contributed by atoms with Crippen LogP contribution >= 0.6 is 11.8 Å². The first kappa shape index (κ1) is 11.8. The molecule has 3 rings (SSSR count). The number of nitrogens with two attached hydrogens (primary N) is 1. The van der Waals surface area contributed by atoms with Crippen molar-refractivity contribution in [2.75, 3.05) is 0 Å². The van der Waals surface area contributed by atoms with Crippen LogP contribution in [0.5, 0.6) is 0 Å². The van der Waals surface area contributed by atoms with E-state index < -0.39 is 5.91 Å². The van der Waals surface area contributed by atoms with Crippen LogP contribution in [0.2, 0.25) is 0 Å². The fraction of sp³-hybridized carbons (Fsp3) is 0.154. The van der Waals surface area contributed by atoms with Gasteiger partial charge in [-0.05, 0) is 12.1 Å². The Morgan fingerprint density at radius 2 is 2.42 bits per heavy atom. The Bertz CT molecular complexity index is 700. The maximum Gasteiger partial charge on any atom is 0.251 e. The molecule has 0 aromatic carbocycles. The van der Waals surface area contributed by atoms with Crippen LogP contribution in [0.15, 0.2) is 24.5 Å². The molecule has 2 aromatic rings. The molecule has 0 bridgehead atoms. The number of hydrogen-bond acceptors (Lipinski definition) is 4. The predicted octanol–water partition coefficient (Wildman–Crippen LogP) is 1.72. The van der Waals surface area contributed by atoms with Crippen molar-refractivity contribution in [1.82, 2.24) is 9.55 Å². The van der Waals surface area contributed by atoms with Crippen molar-refractivity contribution in [3.8, 4) is 17.3 Å². The van der Waals surface area contributed by atoms with Crippen LogP contribution in [0, 0.1) is 11.3 Å². The molecular formula is C13H10N4OS. The van der Waals surface area contributed by atoms with E-state index >= 15 is 0 Å². The summed E-state index contributed by atoms with van der Waals surface area (Å²) < 4.78 is 1.99. The quantitative estimate of drug-likeness (QED) is 0.900. The summed E-state index contributed by atoms with van der Waals surface area (Å²) in [6.45, 7) is 0. The van der Waals surface area contributed by atoms with E-state index in [1.165, 1.54) is 0 Å². The van der Waals surface area contributed by atoms with Crippen LogP contribution in [-0.4, -0.2) is 15.5 Å². The van der Waals surface area contributed by atoms with Gasteiger partial charge in [0, 0.05) is 29.4 Å². The van der Waals surface area contributed by atoms with E-state index in [4.69, 9.17) is 5.73 Å². The van der Waals surface area contributed by atoms with Crippen molar-refractivity contribution in [2.45, 2.75) is 11.6 Å². The van der Waals surface area contributed by atoms with Crippen molar-refractivity contribution >= 4 is 17.7 Å². The van der Waals surface area contributed by atoms with Crippen LogP contribution in [0.25, 0.3) is 11.3 Å². The number of thioether (sulfide) groups is 1. The molecule has 0 fully saturated rings. The average molecular weight is 270 g/mol. The molecule has 0 spiro atoms. The second-order valence-electron chi connectivity index (χ2n) is 4.17. The first-order valence-electron chi connectivity index (χ1n) is 5.67. The number of aromatic nitrogens is 2. The van der Waals surface area contributed by atoms with E-state index in [0.29, 0.717) is 16.9 Å². The standard InChI is InChI=1S/C13H10N4OS/c14-4-9-11(13(15)18)10-6-19-7-17(10)12(9)8-2-1-3-16-5-8/h1-3,5H,6-7H2,(H2,15,18). The van der Waals surface area contributed by atoms with Gasteiger partial charge in [0.25, 0.3) is 5.91 Å². The minimum Gasteiger partial charge on any atom is -0.366 e. The summed E-state index contributed by atoms with van der Waals surface area (Å²) in [4.78, 5) is 15.7. The normalized spacial score (nSPS) is 13.0. The largest absolute Gasteiger partial charge is 0.366 e. The van der Waals surface area contributed by atoms with Crippen LogP contribution in [0.3, 0.4) is 0 Å². The number of amides is 1. The number of hydrogen-bond donors (Lipinski definition) is 1. The molecule has 2 aromatic heterocycles. The molecule has 1 amide bonds. The third-order valence-electron chi connectivity index (χ3n) is 3.12. The third-order valence-corrected chi connectivity index (χ3v) is 4.04. The molecule has 1 aliphatic heterocycles. The van der Waals surface area contributed by atoms with E-state index in [1.807, 2.05) is 16.7 Å². The van der Waals surface area contributed by atoms with E-state index in [-0.39, 0.29) is 0 Å². The predicted molar refractivity (Wildman–Crippen MR) is 72.2 cm³/mol. The smallest absolute Gasteiger partial charge is 0.251 e. The number of carbonyl (C=O) groups excluding carboxylic acids is 1. The van der Waals surface area contributed by atoms with Gasteiger partial charge >= 0.3 is 0 Å². The summed E-state index contributed by atoms with van der Waals surface area (Å²) in [5.41, 5.74) is 8.55. The number of pyridine rings is 1. The number of carbonyl (C=O) groups is 1. The molecule has 0 unspecified atom stereocenters. The number of nitriles is 1. The van der Waals surface area contributed by atoms with Gasteiger partial charge in [0.1, 0.15) is 6.07 Å². The molecule has 5 nitrogen and oxygen atoms in total. The number of primary amides is 1. The van der Waals surface area contributed by atoms with Gasteiger partial charge in [-0.15, -0.1) is 11.8 Å². The molecular weight excluding hydrogens is 260 g/mol. The summed E-state index contributed by atoms with van der Waals surface area (Å²) in [5, 5.41) is 9.37. The van der Waals surface area contributed by atoms with Crippen LogP contribution in [0.4, 0.5) is 0 Å². The molecule has 0 radical (unpaired) electrons. The zero-order valence-electron chi connectivity index (χ0n) is 9.96. The highest BCUT2D eigenvalue weighted by Crippen LogP contribution is 2.38. The highest BCUT2D eigenvalue weighted by molar-refractivity contribution is 7.97. The Labute approximate surface area is 114 Å². The monoisotopic (exact) mass is 270 g/mol. The molecule has 0 atom stereocenters. The van der Waals surface area contributed by atoms with Gasteiger partial charge in [-0.1, -0.05) is 0 Å². The minimum atomic E-state index is -0.544. The van der Waals surface area contributed by atoms with Crippen molar-refractivity contribution < 1.29 is 4.79 Å². The van der Waals surface area contributed by atoms with Crippen molar-refractivity contribution in [2.24, 2.45) is 5.73 Å². The second kappa shape index (κ2) is 4.44. The molecule has 2 N–H and O–H groups in total. The van der Waals surface area contributed by atoms with Gasteiger partial charge in [0.2, 0.25) is 0 Å². The summed E-state index contributed by atoms with van der Waals surface area (Å²) in [7, 11) is 0. The van der Waals surface area contributed by atoms with Crippen LogP contribution < -0.4 is 5.73 Å². The van der Waals surface area contributed by atoms with E-state index in [1.54, 1.807) is 24.2 Å². The molecule has 0 aliphatic carbocycles. The Hall–Kier alpha value is -2.26. The van der Waals surface area contributed by atoms with E-state index in [9.17, 15) is 10.1 Å². The minimum absolute atomic E-state index is 0.353. The van der Waals surface area contributed by atoms with E-state index in [2.05, 4.69) is 11.1 Å². The third kappa shape index (κ3) is 1.71. The lowest BCUT2D eigenvalue weighted by Gasteiger charge is -2.05. The molecule has 3 heterocycles. The first-order valence-corrected chi connectivity index (χ1v) is 6.83. The molecule has 0 saturated carbocycles. The Kier molecular flexibility index (Phi) is 2.76. The molecule has 0 saturated heterocycles. The van der Waals surface area contributed by atoms with Gasteiger partial charge in [-0.25, -0.2) is 0 Å². The lowest BCUT2D eigenvalue weighted by atomic mass is 10.1. The molecule has 19 heavy (non-hydrogen) atoms. The van der Waals surface area contributed by atoms with E-state index in [0.717, 1.165) is 22.8 Å². The Morgan fingerprint density at radius 3 is 3.05 bits per heavy atom. The van der Waals surface area contributed by atoms with Crippen LogP contribution in [0.1, 0.15) is 21.6 Å². The highest BCUT2D eigenvalue weighted by Gasteiger charge is 2.29. The average Bonchev–Trinajstić information content (AvgIpc) is 2.97. The lowest BCUT2D eigenvalue weighted by molar-refractivity contribution is 0.0999. The second-order valence-corrected chi connectivity index (χ2v) is 5.12. The summed E-state index contributed by atoms with van der Waals surface area (Å²) in [6.07, 6.45) is 3.37. The maximum absolute atomic E-state index is 11.6. The fourth-order valence-electron chi connectivity index (χ4n) is 2.37. The number of nitrogens with zero attached hydrogens (tertiary/aromatic N) is 3. The van der Waals surface area contributed by atoms with Crippen molar-refractivity contribution in [1.29, 1.82) is 5.26 Å². The zero-order valence-corrected chi connectivity index (χ0v) is 10.8. The highest BCUT2D eigenvalue weighted by atomic mass is 32.2. The van der Waals surface area contributed by atoms with Crippen molar-refractivity contribution in [3.63, 3.8) is 0 Å². The van der Waals surface area contributed by atoms with Crippen LogP contribution in [-0.2, 0) is 11.6 Å². The topological polar surface area (TPSA) is 84.7 Å². The van der Waals surface area contributed by atoms with Gasteiger partial charge in [-0.2, -0.15) is 5.26 Å². The van der Waals surface area contributed by atoms with Gasteiger partial charge in [-0.3, -0.25) is 9.78 Å². The lowest BCUT2D eigenvalue weighted by Crippen LogP contribution is -2.13. The van der Waals surface area contributed by atoms with Gasteiger partial charge in [0.15, 0.2) is 0 Å². The molecule has 94 valence electrons. The Balaban J connectivity index is 2.34. The molecule has 1 aliphatic rings. The van der Waals surface area contributed by atoms with Gasteiger partial charge < -0.3 is 10.3 Å². The van der Waals surface area contributed by atoms with Crippen molar-refractivity contribution in [3.05, 3.63) is 41.3 Å².